The van der Waals surface area contributed by atoms with Crippen LogP contribution >= 0.6 is 22.7 Å². The van der Waals surface area contributed by atoms with E-state index in [0.29, 0.717) is 40.1 Å². The molecule has 0 aliphatic carbocycles. The highest BCUT2D eigenvalue weighted by atomic mass is 32.2. The number of hydrogen-bond donors (Lipinski definition) is 2. The number of rotatable bonds is 12. The van der Waals surface area contributed by atoms with Gasteiger partial charge in [0.25, 0.3) is 5.88 Å². The molecule has 2 unspecified atom stereocenters. The Kier molecular flexibility index (Phi) is 15.4. The van der Waals surface area contributed by atoms with Crippen molar-refractivity contribution in [1.82, 2.24) is 10.3 Å². The summed E-state index contributed by atoms with van der Waals surface area (Å²) in [5.41, 5.74) is 23.6. The van der Waals surface area contributed by atoms with Gasteiger partial charge < -0.3 is 9.05 Å². The number of thiophene rings is 2. The molecule has 0 saturated carbocycles. The molecule has 2 atom stereocenters. The predicted octanol–water partition coefficient (Wildman–Crippen LogP) is 14.0. The number of benzene rings is 4. The van der Waals surface area contributed by atoms with Gasteiger partial charge in [0.1, 0.15) is 5.76 Å². The Balaban J connectivity index is 0.000000212. The van der Waals surface area contributed by atoms with Crippen molar-refractivity contribution < 1.29 is 26.0 Å². The second-order valence-electron chi connectivity index (χ2n) is 16.5. The summed E-state index contributed by atoms with van der Waals surface area (Å²) >= 11 is -0.104. The van der Waals surface area contributed by atoms with Gasteiger partial charge in [-0.05, 0) is 176 Å². The van der Waals surface area contributed by atoms with Crippen molar-refractivity contribution in [2.75, 3.05) is 11.0 Å². The number of nitrogens with one attached hydrogen (secondary N) is 2. The highest BCUT2D eigenvalue weighted by Gasteiger charge is 2.25. The number of nitrogens with zero attached hydrogens (tertiary/aromatic N) is 2. The van der Waals surface area contributed by atoms with Crippen LogP contribution in [-0.2, 0) is 43.6 Å². The van der Waals surface area contributed by atoms with Crippen LogP contribution in [0.5, 0.6) is 0 Å². The summed E-state index contributed by atoms with van der Waals surface area (Å²) < 4.78 is 50.4. The number of hydrogen-bond acceptors (Lipinski definition) is 12. The normalized spacial score (nSPS) is 12.3. The van der Waals surface area contributed by atoms with Gasteiger partial charge in [0.05, 0.1) is 15.5 Å². The van der Waals surface area contributed by atoms with Crippen LogP contribution in [0.4, 0.5) is 11.7 Å². The van der Waals surface area contributed by atoms with E-state index < -0.39 is 22.2 Å². The van der Waals surface area contributed by atoms with Crippen LogP contribution in [0.2, 0.25) is 0 Å². The lowest BCUT2D eigenvalue weighted by Crippen LogP contribution is -2.08. The molecule has 4 heterocycles. The first-order chi connectivity index (χ1) is 30.4. The molecular formula is C51H60N4O6S4. The highest BCUT2D eigenvalue weighted by Crippen LogP contribution is 2.40. The molecule has 0 radical (unpaired) electrons. The minimum atomic E-state index is -1.73. The molecule has 0 aliphatic heterocycles. The summed E-state index contributed by atoms with van der Waals surface area (Å²) in [6, 6.07) is 16.1. The van der Waals surface area contributed by atoms with E-state index >= 15 is 0 Å². The van der Waals surface area contributed by atoms with Crippen LogP contribution in [-0.4, -0.2) is 18.7 Å². The molecule has 10 nitrogen and oxygen atoms in total. The zero-order chi connectivity index (χ0) is 46.3. The maximum atomic E-state index is 13.4. The summed E-state index contributed by atoms with van der Waals surface area (Å²) in [5, 5.41) is 9.75. The number of anilines is 2. The summed E-state index contributed by atoms with van der Waals surface area (Å²) in [4.78, 5) is 3.52. The van der Waals surface area contributed by atoms with Gasteiger partial charge in [-0.15, -0.1) is 22.7 Å². The molecule has 0 aliphatic rings. The van der Waals surface area contributed by atoms with E-state index in [2.05, 4.69) is 103 Å². The molecule has 344 valence electrons. The van der Waals surface area contributed by atoms with Gasteiger partial charge >= 0.3 is 0 Å². The van der Waals surface area contributed by atoms with Gasteiger partial charge in [0.15, 0.2) is 5.82 Å². The van der Waals surface area contributed by atoms with Crippen LogP contribution in [0, 0.1) is 96.9 Å². The van der Waals surface area contributed by atoms with Crippen LogP contribution in [0.25, 0.3) is 20.2 Å². The standard InChI is InChI=1S/2C25H28N2O3S2.CH4/c1-13-14(2)16(4)21(17(5)15(13)3)12-23-24(20-10-8-9-11-22(20)31-23)32(28)30-27-25-18(6)19(7)29-26-25;1-13-14(2)16(4)21(17(5)15(13)3)12-23-24(20-10-8-9-11-22(20)31-23)32(28)30-27-25-18(6)19(7)26-29-25;/h8-11H,12H2,1-7H3,(H,26,27);8-11,27H,12H2,1-7H3;1H4. The van der Waals surface area contributed by atoms with E-state index in [1.165, 1.54) is 66.8 Å². The van der Waals surface area contributed by atoms with Crippen molar-refractivity contribution in [2.24, 2.45) is 0 Å². The fourth-order valence-corrected chi connectivity index (χ4v) is 12.7. The molecule has 2 N–H and O–H groups in total. The molecule has 0 fully saturated rings. The third-order valence-corrected chi connectivity index (χ3v) is 18.0. The molecule has 8 rings (SSSR count). The van der Waals surface area contributed by atoms with Crippen molar-refractivity contribution in [1.29, 1.82) is 0 Å². The van der Waals surface area contributed by atoms with Crippen molar-refractivity contribution in [3.63, 3.8) is 0 Å². The smallest absolute Gasteiger partial charge is 0.252 e. The van der Waals surface area contributed by atoms with Crippen molar-refractivity contribution in [3.05, 3.63) is 148 Å². The Hall–Kier alpha value is -4.96. The summed E-state index contributed by atoms with van der Waals surface area (Å²) in [5.74, 6) is 1.50. The van der Waals surface area contributed by atoms with E-state index in [4.69, 9.17) is 17.6 Å². The van der Waals surface area contributed by atoms with Crippen molar-refractivity contribution >= 4 is 76.7 Å². The summed E-state index contributed by atoms with van der Waals surface area (Å²) in [6.45, 7) is 29.2. The quantitative estimate of drug-likeness (QED) is 0.114. The zero-order valence-corrected chi connectivity index (χ0v) is 42.3. The number of aromatic nitrogens is 2. The lowest BCUT2D eigenvalue weighted by molar-refractivity contribution is 0.366. The second-order valence-corrected chi connectivity index (χ2v) is 20.9. The molecule has 8 aromatic rings. The van der Waals surface area contributed by atoms with Gasteiger partial charge in [0.2, 0.25) is 22.2 Å². The van der Waals surface area contributed by atoms with Gasteiger partial charge in [-0.3, -0.25) is 0 Å². The Morgan fingerprint density at radius 3 is 1.29 bits per heavy atom. The third-order valence-electron chi connectivity index (χ3n) is 13.3. The summed E-state index contributed by atoms with van der Waals surface area (Å²) in [6.07, 6.45) is 1.43. The monoisotopic (exact) mass is 952 g/mol. The first kappa shape index (κ1) is 49.5. The first-order valence-corrected chi connectivity index (χ1v) is 24.9. The average Bonchev–Trinajstić information content (AvgIpc) is 4.04. The molecule has 65 heavy (non-hydrogen) atoms. The van der Waals surface area contributed by atoms with Crippen LogP contribution in [0.15, 0.2) is 67.4 Å². The molecule has 4 aromatic heterocycles. The van der Waals surface area contributed by atoms with E-state index in [1.807, 2.05) is 64.1 Å². The lowest BCUT2D eigenvalue weighted by atomic mass is 9.88. The Morgan fingerprint density at radius 1 is 0.508 bits per heavy atom. The average molecular weight is 953 g/mol. The molecule has 4 aromatic carbocycles. The van der Waals surface area contributed by atoms with Crippen LogP contribution in [0.3, 0.4) is 0 Å². The largest absolute Gasteiger partial charge is 0.359 e. The fraction of sp³-hybridized carbons (Fsp3) is 0.333. The zero-order valence-electron chi connectivity index (χ0n) is 39.0. The van der Waals surface area contributed by atoms with Crippen LogP contribution < -0.4 is 11.0 Å². The van der Waals surface area contributed by atoms with E-state index in [0.717, 1.165) is 46.7 Å². The lowest BCUT2D eigenvalue weighted by Gasteiger charge is -2.18. The maximum Gasteiger partial charge on any atom is 0.252 e. The molecule has 0 amide bonds. The predicted molar refractivity (Wildman–Crippen MR) is 270 cm³/mol. The molecule has 0 spiro atoms. The molecule has 0 bridgehead atoms. The van der Waals surface area contributed by atoms with Gasteiger partial charge in [0, 0.05) is 53.9 Å². The Labute approximate surface area is 396 Å². The number of fused-ring (bicyclic) bond motifs is 2. The SMILES string of the molecule is C.Cc1noc(NOS(=O)c2c(Cc3c(C)c(C)c(C)c(C)c3C)sc3ccccc23)c1C.Cc1onc(NOS(=O)c2c(Cc3c(C)c(C)c(C)c(C)c3C)sc3ccccc23)c1C. The maximum absolute atomic E-state index is 13.4. The van der Waals surface area contributed by atoms with E-state index in [-0.39, 0.29) is 7.43 Å². The second kappa shape index (κ2) is 20.3. The molecular weight excluding hydrogens is 893 g/mol. The minimum absolute atomic E-state index is 0. The highest BCUT2D eigenvalue weighted by molar-refractivity contribution is 7.81. The third kappa shape index (κ3) is 9.66. The fourth-order valence-electron chi connectivity index (χ4n) is 8.01. The first-order valence-electron chi connectivity index (χ1n) is 21.1. The van der Waals surface area contributed by atoms with Crippen molar-refractivity contribution in [2.45, 2.75) is 127 Å². The van der Waals surface area contributed by atoms with Gasteiger partial charge in [-0.1, -0.05) is 54.1 Å². The van der Waals surface area contributed by atoms with Crippen LogP contribution in [0.1, 0.15) is 107 Å². The topological polar surface area (TPSA) is 129 Å². The van der Waals surface area contributed by atoms with Crippen molar-refractivity contribution in [3.8, 4) is 0 Å². The Bertz CT molecular complexity index is 2850. The molecule has 14 heteroatoms. The Morgan fingerprint density at radius 2 is 0.908 bits per heavy atom. The van der Waals surface area contributed by atoms with E-state index in [1.54, 1.807) is 22.7 Å². The van der Waals surface area contributed by atoms with E-state index in [9.17, 15) is 8.42 Å². The summed E-state index contributed by atoms with van der Waals surface area (Å²) in [7, 11) is 0. The minimum Gasteiger partial charge on any atom is -0.359 e. The van der Waals surface area contributed by atoms with Gasteiger partial charge in [-0.25, -0.2) is 19.4 Å². The van der Waals surface area contributed by atoms with Gasteiger partial charge in [-0.2, -0.15) is 8.57 Å². The molecule has 0 saturated heterocycles. The number of aryl methyl sites for hydroxylation is 2.